The summed E-state index contributed by atoms with van der Waals surface area (Å²) in [7, 11) is 4.05. The van der Waals surface area contributed by atoms with Crippen molar-refractivity contribution in [2.24, 2.45) is 0 Å². The second kappa shape index (κ2) is 7.72. The van der Waals surface area contributed by atoms with Gasteiger partial charge in [-0.05, 0) is 81.4 Å². The van der Waals surface area contributed by atoms with Crippen LogP contribution in [0.2, 0.25) is 0 Å². The molecule has 1 aliphatic carbocycles. The summed E-state index contributed by atoms with van der Waals surface area (Å²) in [5, 5.41) is 14.2. The van der Waals surface area contributed by atoms with Gasteiger partial charge >= 0.3 is 0 Å². The largest absolute Gasteiger partial charge is 0.508 e. The minimum Gasteiger partial charge on any atom is -0.508 e. The molecule has 1 atom stereocenters. The second-order valence-corrected chi connectivity index (χ2v) is 7.79. The number of aromatic hydroxyl groups is 1. The molecule has 0 radical (unpaired) electrons. The van der Waals surface area contributed by atoms with Crippen molar-refractivity contribution in [1.82, 2.24) is 14.7 Å². The maximum atomic E-state index is 12.6. The molecule has 150 valence electrons. The molecule has 3 aromatic rings. The molecule has 6 heteroatoms. The molecule has 0 amide bonds. The smallest absolute Gasteiger partial charge is 0.271 e. The van der Waals surface area contributed by atoms with Gasteiger partial charge in [0.2, 0.25) is 0 Å². The summed E-state index contributed by atoms with van der Waals surface area (Å²) in [6.45, 7) is 2.88. The normalized spacial score (nSPS) is 13.7. The number of rotatable bonds is 5. The maximum Gasteiger partial charge on any atom is 0.271 e. The molecule has 1 unspecified atom stereocenters. The molecule has 0 fully saturated rings. The summed E-state index contributed by atoms with van der Waals surface area (Å²) in [5.41, 5.74) is 4.42. The fraction of sp³-hybridized carbons (Fsp3) is 0.304. The van der Waals surface area contributed by atoms with Crippen molar-refractivity contribution in [3.8, 4) is 28.4 Å². The average Bonchev–Trinajstić information content (AvgIpc) is 2.67. The van der Waals surface area contributed by atoms with E-state index in [1.165, 1.54) is 10.2 Å². The minimum absolute atomic E-state index is 0.0602. The highest BCUT2D eigenvalue weighted by atomic mass is 16.5. The zero-order valence-electron chi connectivity index (χ0n) is 16.9. The molecular formula is C23H25N3O3. The molecule has 29 heavy (non-hydrogen) atoms. The van der Waals surface area contributed by atoms with Crippen LogP contribution in [0.25, 0.3) is 16.9 Å². The number of benzene rings is 2. The van der Waals surface area contributed by atoms with Gasteiger partial charge in [0.1, 0.15) is 17.6 Å². The zero-order chi connectivity index (χ0) is 20.5. The minimum atomic E-state index is -0.176. The van der Waals surface area contributed by atoms with Crippen molar-refractivity contribution in [3.05, 3.63) is 70.0 Å². The van der Waals surface area contributed by atoms with E-state index in [-0.39, 0.29) is 17.4 Å². The molecule has 0 aliphatic heterocycles. The van der Waals surface area contributed by atoms with Crippen molar-refractivity contribution in [2.45, 2.75) is 25.9 Å². The molecule has 2 aromatic carbocycles. The Bertz CT molecular complexity index is 1090. The van der Waals surface area contributed by atoms with Crippen LogP contribution >= 0.6 is 0 Å². The molecule has 1 aromatic heterocycles. The standard InChI is InChI=1S/C23H25N3O3/c1-15(14-25(2)3)29-20-11-6-16-4-5-17-12-22(28)26(24-23(17)21(16)13-20)18-7-9-19(27)10-8-18/h6-13,15,27H,4-5,14H2,1-3H3. The third kappa shape index (κ3) is 4.03. The van der Waals surface area contributed by atoms with Crippen LogP contribution in [0.3, 0.4) is 0 Å². The van der Waals surface area contributed by atoms with Crippen molar-refractivity contribution < 1.29 is 9.84 Å². The molecule has 0 spiro atoms. The van der Waals surface area contributed by atoms with Gasteiger partial charge in [-0.25, -0.2) is 0 Å². The Labute approximate surface area is 170 Å². The van der Waals surface area contributed by atoms with E-state index in [1.54, 1.807) is 30.3 Å². The number of ether oxygens (including phenoxy) is 1. The lowest BCUT2D eigenvalue weighted by atomic mass is 9.89. The van der Waals surface area contributed by atoms with E-state index in [4.69, 9.17) is 4.74 Å². The van der Waals surface area contributed by atoms with Gasteiger partial charge in [0.05, 0.1) is 11.4 Å². The zero-order valence-corrected chi connectivity index (χ0v) is 16.9. The first-order valence-corrected chi connectivity index (χ1v) is 9.78. The SMILES string of the molecule is CC(CN(C)C)Oc1ccc2c(c1)-c1nn(-c3ccc(O)cc3)c(=O)cc1CC2. The Morgan fingerprint density at radius 2 is 1.83 bits per heavy atom. The van der Waals surface area contributed by atoms with Gasteiger partial charge in [-0.2, -0.15) is 9.78 Å². The number of likely N-dealkylation sites (N-methyl/N-ethyl adjacent to an activating group) is 1. The topological polar surface area (TPSA) is 67.6 Å². The quantitative estimate of drug-likeness (QED) is 0.724. The van der Waals surface area contributed by atoms with E-state index in [0.29, 0.717) is 5.69 Å². The molecule has 6 nitrogen and oxygen atoms in total. The first kappa shape index (κ1) is 19.2. The van der Waals surface area contributed by atoms with Crippen LogP contribution in [-0.2, 0) is 12.8 Å². The first-order valence-electron chi connectivity index (χ1n) is 9.78. The fourth-order valence-electron chi connectivity index (χ4n) is 3.81. The third-order valence-electron chi connectivity index (χ3n) is 5.06. The van der Waals surface area contributed by atoms with E-state index < -0.39 is 0 Å². The number of phenols is 1. The second-order valence-electron chi connectivity index (χ2n) is 7.79. The predicted molar refractivity (Wildman–Crippen MR) is 113 cm³/mol. The van der Waals surface area contributed by atoms with Crippen LogP contribution in [0, 0.1) is 0 Å². The van der Waals surface area contributed by atoms with E-state index in [0.717, 1.165) is 42.0 Å². The number of hydrogen-bond donors (Lipinski definition) is 1. The Kier molecular flexibility index (Phi) is 5.11. The number of fused-ring (bicyclic) bond motifs is 3. The fourth-order valence-corrected chi connectivity index (χ4v) is 3.81. The Balaban J connectivity index is 1.74. The van der Waals surface area contributed by atoms with Gasteiger partial charge in [-0.15, -0.1) is 0 Å². The molecular weight excluding hydrogens is 366 g/mol. The maximum absolute atomic E-state index is 12.6. The van der Waals surface area contributed by atoms with E-state index in [2.05, 4.69) is 16.1 Å². The van der Waals surface area contributed by atoms with Gasteiger partial charge in [0.25, 0.3) is 5.56 Å². The summed E-state index contributed by atoms with van der Waals surface area (Å²) in [6, 6.07) is 14.3. The Morgan fingerprint density at radius 3 is 2.55 bits per heavy atom. The third-order valence-corrected chi connectivity index (χ3v) is 5.06. The highest BCUT2D eigenvalue weighted by Gasteiger charge is 2.21. The van der Waals surface area contributed by atoms with Crippen LogP contribution in [-0.4, -0.2) is 46.5 Å². The lowest BCUT2D eigenvalue weighted by Gasteiger charge is -2.22. The van der Waals surface area contributed by atoms with Gasteiger partial charge in [0, 0.05) is 18.2 Å². The van der Waals surface area contributed by atoms with Gasteiger partial charge in [0.15, 0.2) is 0 Å². The van der Waals surface area contributed by atoms with Crippen LogP contribution in [0.15, 0.2) is 53.3 Å². The summed E-state index contributed by atoms with van der Waals surface area (Å²) in [6.07, 6.45) is 1.73. The first-order chi connectivity index (χ1) is 13.9. The Hall–Kier alpha value is -3.12. The highest BCUT2D eigenvalue weighted by Crippen LogP contribution is 2.34. The number of phenolic OH excluding ortho intramolecular Hbond substituents is 1. The summed E-state index contributed by atoms with van der Waals surface area (Å²) >= 11 is 0. The van der Waals surface area contributed by atoms with Crippen molar-refractivity contribution in [1.29, 1.82) is 0 Å². The molecule has 0 saturated carbocycles. The summed E-state index contributed by atoms with van der Waals surface area (Å²) in [4.78, 5) is 14.7. The Morgan fingerprint density at radius 1 is 1.10 bits per heavy atom. The average molecular weight is 391 g/mol. The molecule has 1 heterocycles. The van der Waals surface area contributed by atoms with Gasteiger partial charge < -0.3 is 14.7 Å². The molecule has 0 bridgehead atoms. The van der Waals surface area contributed by atoms with E-state index in [1.807, 2.05) is 33.2 Å². The molecule has 1 N–H and O–H groups in total. The molecule has 0 saturated heterocycles. The van der Waals surface area contributed by atoms with E-state index in [9.17, 15) is 9.90 Å². The van der Waals surface area contributed by atoms with Crippen LogP contribution in [0.5, 0.6) is 11.5 Å². The van der Waals surface area contributed by atoms with Crippen LogP contribution in [0.4, 0.5) is 0 Å². The van der Waals surface area contributed by atoms with Crippen molar-refractivity contribution >= 4 is 0 Å². The summed E-state index contributed by atoms with van der Waals surface area (Å²) in [5.74, 6) is 0.953. The number of aryl methyl sites for hydroxylation is 2. The summed E-state index contributed by atoms with van der Waals surface area (Å²) < 4.78 is 7.48. The van der Waals surface area contributed by atoms with Gasteiger partial charge in [-0.3, -0.25) is 4.79 Å². The number of aromatic nitrogens is 2. The van der Waals surface area contributed by atoms with Crippen LogP contribution < -0.4 is 10.3 Å². The van der Waals surface area contributed by atoms with Gasteiger partial charge in [-0.1, -0.05) is 6.07 Å². The van der Waals surface area contributed by atoms with Crippen molar-refractivity contribution in [2.75, 3.05) is 20.6 Å². The lowest BCUT2D eigenvalue weighted by Crippen LogP contribution is -2.28. The monoisotopic (exact) mass is 391 g/mol. The predicted octanol–water partition coefficient (Wildman–Crippen LogP) is 3.03. The number of nitrogens with zero attached hydrogens (tertiary/aromatic N) is 3. The lowest BCUT2D eigenvalue weighted by molar-refractivity contribution is 0.177. The highest BCUT2D eigenvalue weighted by molar-refractivity contribution is 5.70. The van der Waals surface area contributed by atoms with Crippen LogP contribution in [0.1, 0.15) is 18.1 Å². The van der Waals surface area contributed by atoms with Crippen molar-refractivity contribution in [3.63, 3.8) is 0 Å². The molecule has 4 rings (SSSR count). The van der Waals surface area contributed by atoms with E-state index >= 15 is 0 Å². The molecule has 1 aliphatic rings. The number of hydrogen-bond acceptors (Lipinski definition) is 5.